The number of amides is 1. The normalized spacial score (nSPS) is 20.8. The van der Waals surface area contributed by atoms with Crippen LogP contribution in [0.15, 0.2) is 30.5 Å². The summed E-state index contributed by atoms with van der Waals surface area (Å²) in [6, 6.07) is 8.20. The lowest BCUT2D eigenvalue weighted by Crippen LogP contribution is -2.40. The fourth-order valence-corrected chi connectivity index (χ4v) is 5.65. The largest absolute Gasteiger partial charge is 0.361 e. The zero-order chi connectivity index (χ0) is 22.4. The van der Waals surface area contributed by atoms with E-state index in [9.17, 15) is 4.79 Å². The number of benzene rings is 1. The highest BCUT2D eigenvalue weighted by molar-refractivity contribution is 5.89. The Morgan fingerprint density at radius 3 is 2.88 bits per heavy atom. The fourth-order valence-electron chi connectivity index (χ4n) is 5.65. The SMILES string of the molecule is Cc1nc([C@@H]2CCCN(C(=O)Cc3c[nH]c4ccccc34)C2)nc2c1CCCN2CC1CC1. The maximum absolute atomic E-state index is 13.2. The zero-order valence-electron chi connectivity index (χ0n) is 19.5. The van der Waals surface area contributed by atoms with E-state index in [1.165, 1.54) is 30.6 Å². The quantitative estimate of drug-likeness (QED) is 0.636. The molecule has 1 aromatic carbocycles. The van der Waals surface area contributed by atoms with E-state index in [0.717, 1.165) is 79.3 Å². The molecule has 172 valence electrons. The van der Waals surface area contributed by atoms with Crippen LogP contribution in [0.4, 0.5) is 5.82 Å². The third-order valence-corrected chi connectivity index (χ3v) is 7.70. The molecule has 0 bridgehead atoms. The topological polar surface area (TPSA) is 65.1 Å². The lowest BCUT2D eigenvalue weighted by Gasteiger charge is -2.34. The first kappa shape index (κ1) is 20.7. The minimum atomic E-state index is 0.203. The van der Waals surface area contributed by atoms with E-state index < -0.39 is 0 Å². The lowest BCUT2D eigenvalue weighted by atomic mass is 9.95. The number of likely N-dealkylation sites (tertiary alicyclic amines) is 1. The van der Waals surface area contributed by atoms with Crippen LogP contribution in [0.5, 0.6) is 0 Å². The summed E-state index contributed by atoms with van der Waals surface area (Å²) in [5.41, 5.74) is 4.64. The van der Waals surface area contributed by atoms with Crippen molar-refractivity contribution >= 4 is 22.6 Å². The van der Waals surface area contributed by atoms with E-state index in [2.05, 4.69) is 28.9 Å². The minimum Gasteiger partial charge on any atom is -0.361 e. The van der Waals surface area contributed by atoms with Gasteiger partial charge in [0.1, 0.15) is 11.6 Å². The summed E-state index contributed by atoms with van der Waals surface area (Å²) in [6.45, 7) is 5.95. The zero-order valence-corrected chi connectivity index (χ0v) is 19.5. The second-order valence-corrected chi connectivity index (χ2v) is 10.2. The summed E-state index contributed by atoms with van der Waals surface area (Å²) in [5, 5.41) is 1.14. The smallest absolute Gasteiger partial charge is 0.227 e. The molecule has 1 aliphatic carbocycles. The van der Waals surface area contributed by atoms with Crippen molar-refractivity contribution in [2.45, 2.75) is 57.8 Å². The summed E-state index contributed by atoms with van der Waals surface area (Å²) in [6.07, 6.45) is 9.49. The van der Waals surface area contributed by atoms with Crippen molar-refractivity contribution in [3.8, 4) is 0 Å². The molecule has 4 heterocycles. The molecule has 33 heavy (non-hydrogen) atoms. The van der Waals surface area contributed by atoms with Gasteiger partial charge in [-0.2, -0.15) is 0 Å². The number of aromatic amines is 1. The van der Waals surface area contributed by atoms with Crippen molar-refractivity contribution in [2.24, 2.45) is 5.92 Å². The van der Waals surface area contributed by atoms with Crippen LogP contribution in [0, 0.1) is 12.8 Å². The van der Waals surface area contributed by atoms with Gasteiger partial charge >= 0.3 is 0 Å². The fraction of sp³-hybridized carbons (Fsp3) is 0.519. The number of para-hydroxylation sites is 1. The van der Waals surface area contributed by atoms with Crippen molar-refractivity contribution in [1.29, 1.82) is 0 Å². The van der Waals surface area contributed by atoms with Crippen LogP contribution in [0.1, 0.15) is 60.7 Å². The Hall–Kier alpha value is -2.89. The first-order valence-electron chi connectivity index (χ1n) is 12.6. The van der Waals surface area contributed by atoms with Crippen LogP contribution in [0.2, 0.25) is 0 Å². The number of H-pyrrole nitrogens is 1. The van der Waals surface area contributed by atoms with Crippen molar-refractivity contribution in [2.75, 3.05) is 31.1 Å². The van der Waals surface area contributed by atoms with E-state index in [-0.39, 0.29) is 11.8 Å². The average Bonchev–Trinajstić information content (AvgIpc) is 3.58. The van der Waals surface area contributed by atoms with Crippen molar-refractivity contribution in [3.63, 3.8) is 0 Å². The van der Waals surface area contributed by atoms with Crippen LogP contribution in [-0.2, 0) is 17.6 Å². The Labute approximate surface area is 195 Å². The molecule has 2 aliphatic heterocycles. The molecule has 1 atom stereocenters. The second kappa shape index (κ2) is 8.47. The number of hydrogen-bond acceptors (Lipinski definition) is 4. The van der Waals surface area contributed by atoms with Gasteiger partial charge in [-0.1, -0.05) is 18.2 Å². The predicted molar refractivity (Wildman–Crippen MR) is 131 cm³/mol. The molecule has 2 fully saturated rings. The minimum absolute atomic E-state index is 0.203. The van der Waals surface area contributed by atoms with Gasteiger partial charge in [-0.25, -0.2) is 9.97 Å². The van der Waals surface area contributed by atoms with Gasteiger partial charge in [-0.3, -0.25) is 4.79 Å². The van der Waals surface area contributed by atoms with Crippen LogP contribution in [0.3, 0.4) is 0 Å². The van der Waals surface area contributed by atoms with E-state index in [1.807, 2.05) is 23.2 Å². The molecular formula is C27H33N5O. The molecule has 0 unspecified atom stereocenters. The Morgan fingerprint density at radius 1 is 1.12 bits per heavy atom. The number of hydrogen-bond donors (Lipinski definition) is 1. The van der Waals surface area contributed by atoms with Crippen LogP contribution in [-0.4, -0.2) is 51.9 Å². The Bertz CT molecular complexity index is 1180. The maximum Gasteiger partial charge on any atom is 0.227 e. The molecule has 1 saturated carbocycles. The first-order valence-corrected chi connectivity index (χ1v) is 12.6. The van der Waals surface area contributed by atoms with Gasteiger partial charge in [-0.15, -0.1) is 0 Å². The first-order chi connectivity index (χ1) is 16.2. The highest BCUT2D eigenvalue weighted by Crippen LogP contribution is 2.36. The Balaban J connectivity index is 1.20. The van der Waals surface area contributed by atoms with Gasteiger partial charge in [0.2, 0.25) is 5.91 Å². The molecular weight excluding hydrogens is 410 g/mol. The lowest BCUT2D eigenvalue weighted by molar-refractivity contribution is -0.131. The molecule has 6 heteroatoms. The van der Waals surface area contributed by atoms with E-state index in [0.29, 0.717) is 6.42 Å². The molecule has 2 aromatic heterocycles. The van der Waals surface area contributed by atoms with E-state index in [4.69, 9.17) is 9.97 Å². The van der Waals surface area contributed by atoms with Gasteiger partial charge in [0, 0.05) is 60.5 Å². The third-order valence-electron chi connectivity index (χ3n) is 7.70. The van der Waals surface area contributed by atoms with Gasteiger partial charge in [0.15, 0.2) is 0 Å². The molecule has 0 radical (unpaired) electrons. The number of piperidine rings is 1. The molecule has 1 N–H and O–H groups in total. The molecule has 3 aromatic rings. The average molecular weight is 444 g/mol. The second-order valence-electron chi connectivity index (χ2n) is 10.2. The standard InChI is InChI=1S/C27H33N5O/c1-18-22-8-5-13-32(16-19-10-11-19)27(22)30-26(29-18)20-6-4-12-31(17-20)25(33)14-21-15-28-24-9-3-2-7-23(21)24/h2-3,7,9,15,19-20,28H,4-6,8,10-14,16-17H2,1H3/t20-/m1/s1. The number of rotatable bonds is 5. The molecule has 0 spiro atoms. The number of carbonyl (C=O) groups excluding carboxylic acids is 1. The summed E-state index contributed by atoms with van der Waals surface area (Å²) in [5.74, 6) is 3.40. The van der Waals surface area contributed by atoms with Crippen LogP contribution < -0.4 is 4.90 Å². The molecule has 6 nitrogen and oxygen atoms in total. The number of nitrogens with zero attached hydrogens (tertiary/aromatic N) is 4. The van der Waals surface area contributed by atoms with E-state index in [1.54, 1.807) is 0 Å². The monoisotopic (exact) mass is 443 g/mol. The molecule has 3 aliphatic rings. The van der Waals surface area contributed by atoms with E-state index >= 15 is 0 Å². The summed E-state index contributed by atoms with van der Waals surface area (Å²) < 4.78 is 0. The van der Waals surface area contributed by atoms with Crippen molar-refractivity contribution < 1.29 is 4.79 Å². The van der Waals surface area contributed by atoms with Gasteiger partial charge in [0.05, 0.1) is 6.42 Å². The van der Waals surface area contributed by atoms with Crippen molar-refractivity contribution in [1.82, 2.24) is 19.9 Å². The third kappa shape index (κ3) is 4.11. The summed E-state index contributed by atoms with van der Waals surface area (Å²) in [7, 11) is 0. The highest BCUT2D eigenvalue weighted by Gasteiger charge is 2.31. The number of anilines is 1. The number of fused-ring (bicyclic) bond motifs is 2. The highest BCUT2D eigenvalue weighted by atomic mass is 16.2. The van der Waals surface area contributed by atoms with Gasteiger partial charge in [-0.05, 0) is 63.0 Å². The predicted octanol–water partition coefficient (Wildman–Crippen LogP) is 4.38. The number of aromatic nitrogens is 3. The molecule has 6 rings (SSSR count). The molecule has 1 amide bonds. The number of nitrogens with one attached hydrogen (secondary N) is 1. The summed E-state index contributed by atoms with van der Waals surface area (Å²) >= 11 is 0. The number of carbonyl (C=O) groups is 1. The van der Waals surface area contributed by atoms with Crippen LogP contribution in [0.25, 0.3) is 10.9 Å². The Morgan fingerprint density at radius 2 is 2.00 bits per heavy atom. The van der Waals surface area contributed by atoms with Crippen molar-refractivity contribution in [3.05, 3.63) is 53.1 Å². The van der Waals surface area contributed by atoms with Gasteiger partial charge < -0.3 is 14.8 Å². The summed E-state index contributed by atoms with van der Waals surface area (Å²) in [4.78, 5) is 31.2. The van der Waals surface area contributed by atoms with Gasteiger partial charge in [0.25, 0.3) is 0 Å². The molecule has 1 saturated heterocycles. The number of aryl methyl sites for hydroxylation is 1. The Kier molecular flexibility index (Phi) is 5.31. The van der Waals surface area contributed by atoms with Crippen LogP contribution >= 0.6 is 0 Å². The maximum atomic E-state index is 13.2.